The summed E-state index contributed by atoms with van der Waals surface area (Å²) in [7, 11) is 0. The Morgan fingerprint density at radius 3 is 2.43 bits per heavy atom. The van der Waals surface area contributed by atoms with Gasteiger partial charge in [-0.1, -0.05) is 38.3 Å². The Hall–Kier alpha value is -0.890. The summed E-state index contributed by atoms with van der Waals surface area (Å²) in [5.41, 5.74) is 6.99. The van der Waals surface area contributed by atoms with E-state index in [0.717, 1.165) is 18.4 Å². The molecule has 0 aliphatic rings. The first kappa shape index (κ1) is 11.2. The molecule has 1 nitrogen and oxygen atoms in total. The van der Waals surface area contributed by atoms with Crippen molar-refractivity contribution in [2.75, 3.05) is 0 Å². The minimum Gasteiger partial charge on any atom is -0.324 e. The quantitative estimate of drug-likeness (QED) is 0.716. The molecule has 0 bridgehead atoms. The van der Waals surface area contributed by atoms with Gasteiger partial charge in [0.05, 0.1) is 0 Å². The van der Waals surface area contributed by atoms with E-state index in [1.807, 2.05) is 0 Å². The lowest BCUT2D eigenvalue weighted by Gasteiger charge is -2.11. The second-order valence-corrected chi connectivity index (χ2v) is 3.65. The fourth-order valence-corrected chi connectivity index (χ4v) is 1.49. The lowest BCUT2D eigenvalue weighted by atomic mass is 10.0. The summed E-state index contributed by atoms with van der Waals surface area (Å²) in [6.45, 7) is 2.17. The van der Waals surface area contributed by atoms with Crippen LogP contribution in [0.1, 0.15) is 44.2 Å². The van der Waals surface area contributed by atoms with Crippen molar-refractivity contribution in [2.24, 2.45) is 5.73 Å². The first-order chi connectivity index (χ1) is 6.74. The standard InChI is InChI=1S/C12H18FN/c1-2-3-4-5-12(14)10-6-8-11(13)9-7-10/h6-9,12H,2-5,14H2,1H3. The topological polar surface area (TPSA) is 26.0 Å². The summed E-state index contributed by atoms with van der Waals surface area (Å²) in [6.07, 6.45) is 4.56. The molecule has 0 aliphatic carbocycles. The third kappa shape index (κ3) is 3.46. The van der Waals surface area contributed by atoms with Crippen LogP contribution in [0.3, 0.4) is 0 Å². The van der Waals surface area contributed by atoms with Crippen molar-refractivity contribution in [3.8, 4) is 0 Å². The summed E-state index contributed by atoms with van der Waals surface area (Å²) < 4.78 is 12.6. The molecule has 0 saturated carbocycles. The highest BCUT2D eigenvalue weighted by molar-refractivity contribution is 5.19. The first-order valence-electron chi connectivity index (χ1n) is 5.25. The molecule has 1 aromatic rings. The Balaban J connectivity index is 2.43. The number of nitrogens with two attached hydrogens (primary N) is 1. The van der Waals surface area contributed by atoms with E-state index in [1.165, 1.54) is 25.0 Å². The Kier molecular flexibility index (Phi) is 4.60. The number of hydrogen-bond acceptors (Lipinski definition) is 1. The minimum absolute atomic E-state index is 0.0575. The van der Waals surface area contributed by atoms with Crippen LogP contribution in [-0.2, 0) is 0 Å². The molecule has 0 aromatic heterocycles. The molecule has 78 valence electrons. The number of benzene rings is 1. The molecule has 0 fully saturated rings. The predicted octanol–water partition coefficient (Wildman–Crippen LogP) is 3.41. The third-order valence-electron chi connectivity index (χ3n) is 2.42. The normalized spacial score (nSPS) is 12.8. The molecule has 0 heterocycles. The van der Waals surface area contributed by atoms with Crippen LogP contribution in [0.4, 0.5) is 4.39 Å². The van der Waals surface area contributed by atoms with Crippen LogP contribution >= 0.6 is 0 Å². The molecular formula is C12H18FN. The SMILES string of the molecule is CCCCCC(N)c1ccc(F)cc1. The van der Waals surface area contributed by atoms with Crippen molar-refractivity contribution in [2.45, 2.75) is 38.6 Å². The molecule has 2 heteroatoms. The Bertz CT molecular complexity index is 256. The molecule has 1 aromatic carbocycles. The maximum atomic E-state index is 12.6. The van der Waals surface area contributed by atoms with E-state index in [9.17, 15) is 4.39 Å². The minimum atomic E-state index is -0.200. The van der Waals surface area contributed by atoms with Gasteiger partial charge in [-0.15, -0.1) is 0 Å². The molecule has 1 atom stereocenters. The number of rotatable bonds is 5. The lowest BCUT2D eigenvalue weighted by molar-refractivity contribution is 0.578. The second-order valence-electron chi connectivity index (χ2n) is 3.65. The highest BCUT2D eigenvalue weighted by Crippen LogP contribution is 2.17. The molecule has 0 spiro atoms. The summed E-state index contributed by atoms with van der Waals surface area (Å²) in [5, 5.41) is 0. The Morgan fingerprint density at radius 1 is 1.21 bits per heavy atom. The first-order valence-corrected chi connectivity index (χ1v) is 5.25. The van der Waals surface area contributed by atoms with Crippen LogP contribution < -0.4 is 5.73 Å². The molecule has 1 unspecified atom stereocenters. The zero-order chi connectivity index (χ0) is 10.4. The second kappa shape index (κ2) is 5.76. The largest absolute Gasteiger partial charge is 0.324 e. The van der Waals surface area contributed by atoms with Gasteiger partial charge in [0.1, 0.15) is 5.82 Å². The van der Waals surface area contributed by atoms with Crippen molar-refractivity contribution in [1.29, 1.82) is 0 Å². The van der Waals surface area contributed by atoms with Crippen LogP contribution in [0.15, 0.2) is 24.3 Å². The summed E-state index contributed by atoms with van der Waals surface area (Å²) in [4.78, 5) is 0. The van der Waals surface area contributed by atoms with Gasteiger partial charge in [-0.25, -0.2) is 4.39 Å². The van der Waals surface area contributed by atoms with Crippen molar-refractivity contribution in [3.63, 3.8) is 0 Å². The fraction of sp³-hybridized carbons (Fsp3) is 0.500. The summed E-state index contributed by atoms with van der Waals surface area (Å²) in [5.74, 6) is -0.200. The van der Waals surface area contributed by atoms with Gasteiger partial charge < -0.3 is 5.73 Å². The Labute approximate surface area is 85.1 Å². The van der Waals surface area contributed by atoms with Crippen molar-refractivity contribution in [3.05, 3.63) is 35.6 Å². The summed E-state index contributed by atoms with van der Waals surface area (Å²) >= 11 is 0. The monoisotopic (exact) mass is 195 g/mol. The van der Waals surface area contributed by atoms with Crippen molar-refractivity contribution in [1.82, 2.24) is 0 Å². The van der Waals surface area contributed by atoms with E-state index in [-0.39, 0.29) is 11.9 Å². The maximum Gasteiger partial charge on any atom is 0.123 e. The van der Waals surface area contributed by atoms with E-state index in [0.29, 0.717) is 0 Å². The third-order valence-corrected chi connectivity index (χ3v) is 2.42. The Morgan fingerprint density at radius 2 is 1.86 bits per heavy atom. The van der Waals surface area contributed by atoms with Crippen molar-refractivity contribution >= 4 is 0 Å². The van der Waals surface area contributed by atoms with E-state index in [1.54, 1.807) is 12.1 Å². The van der Waals surface area contributed by atoms with Gasteiger partial charge >= 0.3 is 0 Å². The molecule has 2 N–H and O–H groups in total. The van der Waals surface area contributed by atoms with Gasteiger partial charge in [0.25, 0.3) is 0 Å². The average molecular weight is 195 g/mol. The lowest BCUT2D eigenvalue weighted by Crippen LogP contribution is -2.09. The molecule has 0 radical (unpaired) electrons. The van der Waals surface area contributed by atoms with Gasteiger partial charge in [-0.2, -0.15) is 0 Å². The average Bonchev–Trinajstić information content (AvgIpc) is 2.19. The highest BCUT2D eigenvalue weighted by atomic mass is 19.1. The zero-order valence-corrected chi connectivity index (χ0v) is 8.67. The van der Waals surface area contributed by atoms with Crippen LogP contribution in [0.2, 0.25) is 0 Å². The van der Waals surface area contributed by atoms with Gasteiger partial charge in [0.15, 0.2) is 0 Å². The number of halogens is 1. The number of hydrogen-bond donors (Lipinski definition) is 1. The molecule has 1 rings (SSSR count). The zero-order valence-electron chi connectivity index (χ0n) is 8.67. The fourth-order valence-electron chi connectivity index (χ4n) is 1.49. The maximum absolute atomic E-state index is 12.6. The van der Waals surface area contributed by atoms with Gasteiger partial charge in [-0.3, -0.25) is 0 Å². The van der Waals surface area contributed by atoms with Crippen LogP contribution in [0.25, 0.3) is 0 Å². The van der Waals surface area contributed by atoms with Crippen molar-refractivity contribution < 1.29 is 4.39 Å². The van der Waals surface area contributed by atoms with Crippen LogP contribution in [0.5, 0.6) is 0 Å². The highest BCUT2D eigenvalue weighted by Gasteiger charge is 2.04. The molecule has 0 amide bonds. The molecule has 0 saturated heterocycles. The van der Waals surface area contributed by atoms with Crippen LogP contribution in [-0.4, -0.2) is 0 Å². The smallest absolute Gasteiger partial charge is 0.123 e. The number of unbranched alkanes of at least 4 members (excludes halogenated alkanes) is 2. The van der Waals surface area contributed by atoms with E-state index in [4.69, 9.17) is 5.73 Å². The van der Waals surface area contributed by atoms with E-state index < -0.39 is 0 Å². The van der Waals surface area contributed by atoms with Gasteiger partial charge in [0.2, 0.25) is 0 Å². The van der Waals surface area contributed by atoms with Gasteiger partial charge in [0, 0.05) is 6.04 Å². The molecular weight excluding hydrogens is 177 g/mol. The molecule has 0 aliphatic heterocycles. The molecule has 14 heavy (non-hydrogen) atoms. The van der Waals surface area contributed by atoms with E-state index >= 15 is 0 Å². The predicted molar refractivity (Wildman–Crippen MR) is 57.5 cm³/mol. The summed E-state index contributed by atoms with van der Waals surface area (Å²) in [6, 6.07) is 6.53. The van der Waals surface area contributed by atoms with Gasteiger partial charge in [-0.05, 0) is 24.1 Å². The van der Waals surface area contributed by atoms with E-state index in [2.05, 4.69) is 6.92 Å². The van der Waals surface area contributed by atoms with Crippen LogP contribution in [0, 0.1) is 5.82 Å².